The van der Waals surface area contributed by atoms with Crippen molar-refractivity contribution in [3.8, 4) is 0 Å². The van der Waals surface area contributed by atoms with E-state index < -0.39 is 0 Å². The Morgan fingerprint density at radius 3 is 2.30 bits per heavy atom. The second-order valence-electron chi connectivity index (χ2n) is 9.54. The highest BCUT2D eigenvalue weighted by molar-refractivity contribution is 5.76. The Kier molecular flexibility index (Phi) is 5.27. The summed E-state index contributed by atoms with van der Waals surface area (Å²) >= 11 is 0. The second-order valence-corrected chi connectivity index (χ2v) is 9.54. The zero-order valence-corrected chi connectivity index (χ0v) is 17.3. The van der Waals surface area contributed by atoms with Crippen LogP contribution in [-0.4, -0.2) is 34.2 Å². The van der Waals surface area contributed by atoms with Gasteiger partial charge in [0.15, 0.2) is 5.82 Å². The van der Waals surface area contributed by atoms with Gasteiger partial charge < -0.3 is 16.0 Å². The molecule has 2 heterocycles. The van der Waals surface area contributed by atoms with Crippen LogP contribution in [0.25, 0.3) is 0 Å². The van der Waals surface area contributed by atoms with Gasteiger partial charge in [-0.2, -0.15) is 0 Å². The number of amides is 1. The molecule has 2 aromatic rings. The number of hydrogen-bond donors (Lipinski definition) is 3. The topological polar surface area (TPSA) is 91.8 Å². The standard InChI is InChI=1S/C23H30N6O/c30-22(14-23-11-16-8-17(12-23)10-18(9-16)13-23)26-7-6-25-20-3-4-21(29-28-20)27-19-2-1-5-24-15-19/h1-5,15-18H,6-14H2,(H,25,28)(H,26,30)(H,27,29). The quantitative estimate of drug-likeness (QED) is 0.578. The minimum Gasteiger partial charge on any atom is -0.367 e. The highest BCUT2D eigenvalue weighted by Gasteiger charge is 2.51. The number of aromatic nitrogens is 3. The summed E-state index contributed by atoms with van der Waals surface area (Å²) in [5, 5.41) is 17.8. The average molecular weight is 407 g/mol. The Morgan fingerprint density at radius 1 is 0.967 bits per heavy atom. The SMILES string of the molecule is O=C(CC12CC3CC(CC(C3)C1)C2)NCCNc1ccc(Nc2cccnc2)nn1. The lowest BCUT2D eigenvalue weighted by molar-refractivity contribution is -0.129. The smallest absolute Gasteiger partial charge is 0.220 e. The van der Waals surface area contributed by atoms with E-state index in [-0.39, 0.29) is 5.91 Å². The maximum Gasteiger partial charge on any atom is 0.220 e. The highest BCUT2D eigenvalue weighted by atomic mass is 16.1. The first-order chi connectivity index (χ1) is 14.7. The van der Waals surface area contributed by atoms with E-state index in [4.69, 9.17) is 0 Å². The van der Waals surface area contributed by atoms with Gasteiger partial charge in [-0.3, -0.25) is 9.78 Å². The maximum atomic E-state index is 12.6. The van der Waals surface area contributed by atoms with Gasteiger partial charge in [-0.25, -0.2) is 0 Å². The lowest BCUT2D eigenvalue weighted by Gasteiger charge is -2.56. The molecule has 0 unspecified atom stereocenters. The summed E-state index contributed by atoms with van der Waals surface area (Å²) in [6.45, 7) is 1.24. The lowest BCUT2D eigenvalue weighted by Crippen LogP contribution is -2.48. The molecular formula is C23H30N6O. The molecule has 1 amide bonds. The van der Waals surface area contributed by atoms with Crippen molar-refractivity contribution in [2.75, 3.05) is 23.7 Å². The fourth-order valence-electron chi connectivity index (χ4n) is 6.38. The molecule has 158 valence electrons. The van der Waals surface area contributed by atoms with Gasteiger partial charge in [-0.15, -0.1) is 10.2 Å². The predicted molar refractivity (Wildman–Crippen MR) is 116 cm³/mol. The number of carbonyl (C=O) groups is 1. The molecule has 30 heavy (non-hydrogen) atoms. The van der Waals surface area contributed by atoms with Crippen LogP contribution in [0.4, 0.5) is 17.3 Å². The molecular weight excluding hydrogens is 376 g/mol. The van der Waals surface area contributed by atoms with Crippen molar-refractivity contribution in [1.82, 2.24) is 20.5 Å². The first-order valence-corrected chi connectivity index (χ1v) is 11.2. The van der Waals surface area contributed by atoms with E-state index in [0.717, 1.165) is 23.4 Å². The van der Waals surface area contributed by atoms with Gasteiger partial charge >= 0.3 is 0 Å². The van der Waals surface area contributed by atoms with Gasteiger partial charge in [0.2, 0.25) is 5.91 Å². The molecule has 0 spiro atoms. The van der Waals surface area contributed by atoms with Gasteiger partial charge in [0.25, 0.3) is 0 Å². The molecule has 7 heteroatoms. The summed E-state index contributed by atoms with van der Waals surface area (Å²) in [6.07, 6.45) is 12.3. The van der Waals surface area contributed by atoms with E-state index >= 15 is 0 Å². The summed E-state index contributed by atoms with van der Waals surface area (Å²) in [5.41, 5.74) is 1.17. The summed E-state index contributed by atoms with van der Waals surface area (Å²) in [6, 6.07) is 7.53. The van der Waals surface area contributed by atoms with Gasteiger partial charge in [-0.1, -0.05) is 0 Å². The molecule has 0 aromatic carbocycles. The van der Waals surface area contributed by atoms with Crippen LogP contribution in [0.15, 0.2) is 36.7 Å². The summed E-state index contributed by atoms with van der Waals surface area (Å²) in [7, 11) is 0. The number of nitrogens with one attached hydrogen (secondary N) is 3. The summed E-state index contributed by atoms with van der Waals surface area (Å²) in [4.78, 5) is 16.6. The maximum absolute atomic E-state index is 12.6. The molecule has 0 atom stereocenters. The van der Waals surface area contributed by atoms with E-state index in [1.165, 1.54) is 38.5 Å². The molecule has 4 saturated carbocycles. The molecule has 4 bridgehead atoms. The number of rotatable bonds is 8. The van der Waals surface area contributed by atoms with Crippen LogP contribution < -0.4 is 16.0 Å². The highest BCUT2D eigenvalue weighted by Crippen LogP contribution is 2.61. The van der Waals surface area contributed by atoms with Gasteiger partial charge in [0.05, 0.1) is 11.9 Å². The fourth-order valence-corrected chi connectivity index (χ4v) is 6.38. The van der Waals surface area contributed by atoms with Crippen molar-refractivity contribution in [1.29, 1.82) is 0 Å². The first-order valence-electron chi connectivity index (χ1n) is 11.2. The normalized spacial score (nSPS) is 28.9. The van der Waals surface area contributed by atoms with Crippen LogP contribution in [-0.2, 0) is 4.79 Å². The van der Waals surface area contributed by atoms with Crippen LogP contribution >= 0.6 is 0 Å². The lowest BCUT2D eigenvalue weighted by atomic mass is 9.49. The van der Waals surface area contributed by atoms with Gasteiger partial charge in [-0.05, 0) is 86.0 Å². The monoisotopic (exact) mass is 406 g/mol. The number of anilines is 3. The third-order valence-electron chi connectivity index (χ3n) is 7.05. The average Bonchev–Trinajstić information content (AvgIpc) is 2.72. The zero-order valence-electron chi connectivity index (χ0n) is 17.3. The molecule has 0 aliphatic heterocycles. The molecule has 4 fully saturated rings. The van der Waals surface area contributed by atoms with E-state index in [1.807, 2.05) is 24.3 Å². The Bertz CT molecular complexity index is 834. The number of hydrogen-bond acceptors (Lipinski definition) is 6. The van der Waals surface area contributed by atoms with E-state index in [9.17, 15) is 4.79 Å². The van der Waals surface area contributed by atoms with Gasteiger partial charge in [0, 0.05) is 25.7 Å². The molecule has 0 saturated heterocycles. The minimum atomic E-state index is 0.209. The molecule has 2 aromatic heterocycles. The van der Waals surface area contributed by atoms with Crippen molar-refractivity contribution >= 4 is 23.2 Å². The fraction of sp³-hybridized carbons (Fsp3) is 0.565. The van der Waals surface area contributed by atoms with Crippen LogP contribution in [0.5, 0.6) is 0 Å². The van der Waals surface area contributed by atoms with Crippen LogP contribution in [0.3, 0.4) is 0 Å². The number of carbonyl (C=O) groups excluding carboxylic acids is 1. The molecule has 3 N–H and O–H groups in total. The minimum absolute atomic E-state index is 0.209. The van der Waals surface area contributed by atoms with Crippen LogP contribution in [0, 0.1) is 23.2 Å². The molecule has 7 nitrogen and oxygen atoms in total. The second kappa shape index (κ2) is 8.20. The molecule has 0 radical (unpaired) electrons. The molecule has 4 aliphatic carbocycles. The Hall–Kier alpha value is -2.70. The largest absolute Gasteiger partial charge is 0.367 e. The van der Waals surface area contributed by atoms with Crippen molar-refractivity contribution in [3.05, 3.63) is 36.7 Å². The van der Waals surface area contributed by atoms with Crippen molar-refractivity contribution in [3.63, 3.8) is 0 Å². The first kappa shape index (κ1) is 19.3. The third-order valence-corrected chi connectivity index (χ3v) is 7.05. The predicted octanol–water partition coefficient (Wildman–Crippen LogP) is 3.75. The molecule has 4 aliphatic rings. The van der Waals surface area contributed by atoms with E-state index in [1.54, 1.807) is 12.4 Å². The van der Waals surface area contributed by atoms with E-state index in [2.05, 4.69) is 31.1 Å². The Labute approximate surface area is 177 Å². The Morgan fingerprint density at radius 2 is 1.67 bits per heavy atom. The summed E-state index contributed by atoms with van der Waals surface area (Å²) in [5.74, 6) is 4.24. The Balaban J connectivity index is 1.04. The van der Waals surface area contributed by atoms with Gasteiger partial charge in [0.1, 0.15) is 5.82 Å². The number of pyridine rings is 1. The van der Waals surface area contributed by atoms with E-state index in [0.29, 0.717) is 36.6 Å². The van der Waals surface area contributed by atoms with Crippen LogP contribution in [0.1, 0.15) is 44.9 Å². The van der Waals surface area contributed by atoms with Crippen molar-refractivity contribution in [2.24, 2.45) is 23.2 Å². The van der Waals surface area contributed by atoms with Crippen LogP contribution in [0.2, 0.25) is 0 Å². The molecule has 6 rings (SSSR count). The third kappa shape index (κ3) is 4.40. The van der Waals surface area contributed by atoms with Crippen molar-refractivity contribution < 1.29 is 4.79 Å². The number of nitrogens with zero attached hydrogens (tertiary/aromatic N) is 3. The zero-order chi connectivity index (χ0) is 20.4. The van der Waals surface area contributed by atoms with Crippen molar-refractivity contribution in [2.45, 2.75) is 44.9 Å². The summed E-state index contributed by atoms with van der Waals surface area (Å²) < 4.78 is 0.